The lowest BCUT2D eigenvalue weighted by Crippen LogP contribution is -2.31. The van der Waals surface area contributed by atoms with Gasteiger partial charge in [0.1, 0.15) is 0 Å². The molecule has 1 aliphatic heterocycles. The maximum absolute atomic E-state index is 12.6. The molecule has 0 spiro atoms. The molecule has 3 rings (SSSR count). The van der Waals surface area contributed by atoms with Crippen molar-refractivity contribution < 1.29 is 9.59 Å². The minimum absolute atomic E-state index is 0.108. The van der Waals surface area contributed by atoms with E-state index in [9.17, 15) is 9.59 Å². The summed E-state index contributed by atoms with van der Waals surface area (Å²) >= 11 is 6.08. The Kier molecular flexibility index (Phi) is 5.39. The Hall–Kier alpha value is -2.57. The Labute approximate surface area is 163 Å². The van der Waals surface area contributed by atoms with Crippen LogP contribution in [0.15, 0.2) is 24.4 Å². The van der Waals surface area contributed by atoms with E-state index in [4.69, 9.17) is 11.6 Å². The molecule has 1 aliphatic rings. The molecule has 0 fully saturated rings. The number of carbonyl (C=O) groups excluding carboxylic acids is 2. The summed E-state index contributed by atoms with van der Waals surface area (Å²) in [6, 6.07) is 5.29. The van der Waals surface area contributed by atoms with Gasteiger partial charge in [-0.2, -0.15) is 0 Å². The summed E-state index contributed by atoms with van der Waals surface area (Å²) in [5, 5.41) is 6.34. The van der Waals surface area contributed by atoms with Crippen LogP contribution in [0.5, 0.6) is 0 Å². The van der Waals surface area contributed by atoms with Crippen LogP contribution >= 0.6 is 11.6 Å². The number of carbonyl (C=O) groups is 2. The summed E-state index contributed by atoms with van der Waals surface area (Å²) < 4.78 is 1.82. The molecular formula is C20H23ClN4O2. The van der Waals surface area contributed by atoms with Gasteiger partial charge in [0.25, 0.3) is 11.8 Å². The first kappa shape index (κ1) is 19.2. The van der Waals surface area contributed by atoms with Gasteiger partial charge in [0.15, 0.2) is 0 Å². The second-order valence-corrected chi connectivity index (χ2v) is 7.36. The van der Waals surface area contributed by atoms with Crippen molar-refractivity contribution in [3.8, 4) is 0 Å². The third-order valence-corrected chi connectivity index (χ3v) is 4.82. The van der Waals surface area contributed by atoms with Crippen LogP contribution in [0.1, 0.15) is 27.2 Å². The normalized spacial score (nSPS) is 14.6. The van der Waals surface area contributed by atoms with Gasteiger partial charge in [0.2, 0.25) is 0 Å². The van der Waals surface area contributed by atoms with Crippen LogP contribution in [0.2, 0.25) is 5.02 Å². The number of benzene rings is 1. The summed E-state index contributed by atoms with van der Waals surface area (Å²) in [7, 11) is 3.92. The third kappa shape index (κ3) is 3.91. The SMILES string of the molecule is Cc1cn(C=C2C(=O)Nc3ccc(Cl)cc32)c(C)c1C(=O)NCCN(C)C. The van der Waals surface area contributed by atoms with E-state index >= 15 is 0 Å². The molecule has 6 nitrogen and oxygen atoms in total. The number of aromatic nitrogens is 1. The number of anilines is 1. The molecule has 7 heteroatoms. The Balaban J connectivity index is 1.91. The summed E-state index contributed by atoms with van der Waals surface area (Å²) in [6.07, 6.45) is 3.61. The predicted molar refractivity (Wildman–Crippen MR) is 109 cm³/mol. The molecule has 1 aromatic carbocycles. The average molecular weight is 387 g/mol. The van der Waals surface area contributed by atoms with Crippen LogP contribution in [0.3, 0.4) is 0 Å². The standard InChI is InChI=1S/C20H23ClN4O2/c1-12-10-25(13(2)18(12)20(27)22-7-8-24(3)4)11-16-15-9-14(21)5-6-17(15)23-19(16)26/h5-6,9-11H,7-8H2,1-4H3,(H,22,27)(H,23,26). The van der Waals surface area contributed by atoms with Crippen molar-refractivity contribution in [3.05, 3.63) is 51.8 Å². The van der Waals surface area contributed by atoms with Crippen LogP contribution in [-0.2, 0) is 4.79 Å². The molecule has 0 atom stereocenters. The zero-order chi connectivity index (χ0) is 19.7. The molecule has 0 radical (unpaired) electrons. The molecule has 0 bridgehead atoms. The highest BCUT2D eigenvalue weighted by molar-refractivity contribution is 6.36. The van der Waals surface area contributed by atoms with Gasteiger partial charge in [-0.15, -0.1) is 0 Å². The minimum atomic E-state index is -0.185. The van der Waals surface area contributed by atoms with E-state index in [-0.39, 0.29) is 11.8 Å². The smallest absolute Gasteiger partial charge is 0.257 e. The molecule has 0 aliphatic carbocycles. The number of halogens is 1. The number of hydrogen-bond acceptors (Lipinski definition) is 3. The Morgan fingerprint density at radius 3 is 2.78 bits per heavy atom. The van der Waals surface area contributed by atoms with Gasteiger partial charge in [-0.25, -0.2) is 0 Å². The number of likely N-dealkylation sites (N-methyl/N-ethyl adjacent to an activating group) is 1. The van der Waals surface area contributed by atoms with Crippen LogP contribution in [0, 0.1) is 13.8 Å². The van der Waals surface area contributed by atoms with E-state index in [1.165, 1.54) is 0 Å². The fraction of sp³-hybridized carbons (Fsp3) is 0.300. The van der Waals surface area contributed by atoms with E-state index in [0.29, 0.717) is 22.7 Å². The first-order valence-electron chi connectivity index (χ1n) is 8.72. The summed E-state index contributed by atoms with van der Waals surface area (Å²) in [4.78, 5) is 26.9. The predicted octanol–water partition coefficient (Wildman–Crippen LogP) is 3.00. The van der Waals surface area contributed by atoms with Crippen LogP contribution in [0.25, 0.3) is 11.8 Å². The Bertz CT molecular complexity index is 944. The number of aryl methyl sites for hydroxylation is 1. The van der Waals surface area contributed by atoms with Crippen molar-refractivity contribution in [1.82, 2.24) is 14.8 Å². The number of fused-ring (bicyclic) bond motifs is 1. The lowest BCUT2D eigenvalue weighted by atomic mass is 10.1. The third-order valence-electron chi connectivity index (χ3n) is 4.58. The van der Waals surface area contributed by atoms with Gasteiger partial charge in [0, 0.05) is 47.5 Å². The summed E-state index contributed by atoms with van der Waals surface area (Å²) in [6.45, 7) is 5.11. The average Bonchev–Trinajstić information content (AvgIpc) is 3.04. The fourth-order valence-corrected chi connectivity index (χ4v) is 3.34. The van der Waals surface area contributed by atoms with Gasteiger partial charge in [0.05, 0.1) is 11.1 Å². The van der Waals surface area contributed by atoms with Crippen molar-refractivity contribution in [2.45, 2.75) is 13.8 Å². The van der Waals surface area contributed by atoms with Crippen molar-refractivity contribution in [1.29, 1.82) is 0 Å². The summed E-state index contributed by atoms with van der Waals surface area (Å²) in [5.74, 6) is -0.293. The molecule has 0 saturated carbocycles. The van der Waals surface area contributed by atoms with Crippen molar-refractivity contribution in [2.24, 2.45) is 0 Å². The van der Waals surface area contributed by atoms with E-state index < -0.39 is 0 Å². The van der Waals surface area contributed by atoms with E-state index in [2.05, 4.69) is 10.6 Å². The van der Waals surface area contributed by atoms with E-state index in [1.54, 1.807) is 24.4 Å². The maximum Gasteiger partial charge on any atom is 0.257 e. The lowest BCUT2D eigenvalue weighted by molar-refractivity contribution is -0.110. The van der Waals surface area contributed by atoms with Crippen molar-refractivity contribution >= 4 is 40.9 Å². The quantitative estimate of drug-likeness (QED) is 0.776. The molecular weight excluding hydrogens is 364 g/mol. The van der Waals surface area contributed by atoms with Crippen molar-refractivity contribution in [3.63, 3.8) is 0 Å². The van der Waals surface area contributed by atoms with Gasteiger partial charge < -0.3 is 20.1 Å². The fourth-order valence-electron chi connectivity index (χ4n) is 3.17. The number of rotatable bonds is 5. The first-order chi connectivity index (χ1) is 12.8. The zero-order valence-electron chi connectivity index (χ0n) is 15.9. The van der Waals surface area contributed by atoms with Gasteiger partial charge in [-0.05, 0) is 51.7 Å². The molecule has 2 N–H and O–H groups in total. The highest BCUT2D eigenvalue weighted by Crippen LogP contribution is 2.34. The second kappa shape index (κ2) is 7.58. The van der Waals surface area contributed by atoms with Gasteiger partial charge in [-0.1, -0.05) is 11.6 Å². The van der Waals surface area contributed by atoms with Crippen LogP contribution in [-0.4, -0.2) is 48.5 Å². The molecule has 142 valence electrons. The van der Waals surface area contributed by atoms with Crippen LogP contribution < -0.4 is 10.6 Å². The Morgan fingerprint density at radius 2 is 2.07 bits per heavy atom. The first-order valence-corrected chi connectivity index (χ1v) is 9.09. The van der Waals surface area contributed by atoms with Crippen molar-refractivity contribution in [2.75, 3.05) is 32.5 Å². The minimum Gasteiger partial charge on any atom is -0.351 e. The molecule has 2 aromatic rings. The van der Waals surface area contributed by atoms with E-state index in [0.717, 1.165) is 29.1 Å². The molecule has 2 heterocycles. The van der Waals surface area contributed by atoms with Gasteiger partial charge in [-0.3, -0.25) is 9.59 Å². The topological polar surface area (TPSA) is 66.4 Å². The lowest BCUT2D eigenvalue weighted by Gasteiger charge is -2.11. The monoisotopic (exact) mass is 386 g/mol. The summed E-state index contributed by atoms with van der Waals surface area (Å²) in [5.41, 5.74) is 4.29. The molecule has 0 unspecified atom stereocenters. The maximum atomic E-state index is 12.6. The van der Waals surface area contributed by atoms with E-state index in [1.807, 2.05) is 43.6 Å². The zero-order valence-corrected chi connectivity index (χ0v) is 16.6. The Morgan fingerprint density at radius 1 is 1.33 bits per heavy atom. The largest absolute Gasteiger partial charge is 0.351 e. The number of amides is 2. The number of nitrogens with one attached hydrogen (secondary N) is 2. The molecule has 1 aromatic heterocycles. The number of nitrogens with zero attached hydrogens (tertiary/aromatic N) is 2. The molecule has 27 heavy (non-hydrogen) atoms. The molecule has 0 saturated heterocycles. The number of hydrogen-bond donors (Lipinski definition) is 2. The van der Waals surface area contributed by atoms with Gasteiger partial charge >= 0.3 is 0 Å². The highest BCUT2D eigenvalue weighted by atomic mass is 35.5. The second-order valence-electron chi connectivity index (χ2n) is 6.93. The molecule has 2 amide bonds. The van der Waals surface area contributed by atoms with Crippen LogP contribution in [0.4, 0.5) is 5.69 Å². The highest BCUT2D eigenvalue weighted by Gasteiger charge is 2.25.